The lowest BCUT2D eigenvalue weighted by Crippen LogP contribution is -2.30. The van der Waals surface area contributed by atoms with Gasteiger partial charge in [-0.1, -0.05) is 6.07 Å². The van der Waals surface area contributed by atoms with Crippen molar-refractivity contribution in [1.82, 2.24) is 5.32 Å². The predicted octanol–water partition coefficient (Wildman–Crippen LogP) is 3.21. The maximum Gasteiger partial charge on any atom is 0.252 e. The first kappa shape index (κ1) is 12.9. The monoisotopic (exact) mass is 317 g/mol. The minimum absolute atomic E-state index is 0.219. The molecule has 0 bridgehead atoms. The van der Waals surface area contributed by atoms with Crippen molar-refractivity contribution in [1.29, 1.82) is 0 Å². The predicted molar refractivity (Wildman–Crippen MR) is 71.9 cm³/mol. The van der Waals surface area contributed by atoms with E-state index in [0.29, 0.717) is 17.4 Å². The van der Waals surface area contributed by atoms with Gasteiger partial charge in [0.05, 0.1) is 10.0 Å². The van der Waals surface area contributed by atoms with Crippen molar-refractivity contribution in [2.75, 3.05) is 12.3 Å². The minimum atomic E-state index is -0.409. The van der Waals surface area contributed by atoms with E-state index in [1.54, 1.807) is 12.1 Å². The molecule has 2 nitrogen and oxygen atoms in total. The Kier molecular flexibility index (Phi) is 4.45. The lowest BCUT2D eigenvalue weighted by molar-refractivity contribution is 0.0952. The molecule has 0 aromatic heterocycles. The largest absolute Gasteiger partial charge is 0.351 e. The van der Waals surface area contributed by atoms with Crippen molar-refractivity contribution < 1.29 is 9.18 Å². The molecule has 2 rings (SSSR count). The van der Waals surface area contributed by atoms with E-state index in [-0.39, 0.29) is 10.4 Å². The Labute approximate surface area is 112 Å². The molecule has 5 heteroatoms. The van der Waals surface area contributed by atoms with E-state index in [1.165, 1.54) is 18.2 Å². The highest BCUT2D eigenvalue weighted by Gasteiger charge is 2.18. The first-order valence-corrected chi connectivity index (χ1v) is 7.36. The van der Waals surface area contributed by atoms with Crippen LogP contribution >= 0.6 is 27.7 Å². The van der Waals surface area contributed by atoms with Gasteiger partial charge in [0.15, 0.2) is 0 Å². The summed E-state index contributed by atoms with van der Waals surface area (Å²) in [5, 5.41) is 3.36. The van der Waals surface area contributed by atoms with Gasteiger partial charge in [-0.25, -0.2) is 4.39 Å². The smallest absolute Gasteiger partial charge is 0.252 e. The van der Waals surface area contributed by atoms with Crippen LogP contribution < -0.4 is 5.32 Å². The van der Waals surface area contributed by atoms with Crippen LogP contribution in [0.2, 0.25) is 0 Å². The maximum atomic E-state index is 13.2. The third kappa shape index (κ3) is 3.22. The molecule has 1 amide bonds. The Morgan fingerprint density at radius 2 is 2.41 bits per heavy atom. The second-order valence-corrected chi connectivity index (χ2v) is 6.15. The number of amides is 1. The second-order valence-electron chi connectivity index (χ2n) is 3.95. The Morgan fingerprint density at radius 3 is 3.12 bits per heavy atom. The second kappa shape index (κ2) is 5.87. The Bertz CT molecular complexity index is 421. The highest BCUT2D eigenvalue weighted by atomic mass is 79.9. The van der Waals surface area contributed by atoms with Crippen molar-refractivity contribution >= 4 is 33.6 Å². The molecule has 92 valence electrons. The highest BCUT2D eigenvalue weighted by Crippen LogP contribution is 2.25. The number of rotatable bonds is 3. The SMILES string of the molecule is O=C(NCC1CCCS1)c1cccc(F)c1Br. The van der Waals surface area contributed by atoms with Crippen LogP contribution in [0.25, 0.3) is 0 Å². The van der Waals surface area contributed by atoms with Crippen LogP contribution in [0.4, 0.5) is 4.39 Å². The van der Waals surface area contributed by atoms with Crippen LogP contribution in [0.5, 0.6) is 0 Å². The van der Waals surface area contributed by atoms with E-state index in [2.05, 4.69) is 21.2 Å². The summed E-state index contributed by atoms with van der Waals surface area (Å²) in [5.41, 5.74) is 0.355. The Morgan fingerprint density at radius 1 is 1.59 bits per heavy atom. The minimum Gasteiger partial charge on any atom is -0.351 e. The summed E-state index contributed by atoms with van der Waals surface area (Å²) in [6, 6.07) is 4.48. The van der Waals surface area contributed by atoms with Gasteiger partial charge < -0.3 is 5.32 Å². The normalized spacial score (nSPS) is 19.3. The van der Waals surface area contributed by atoms with Crippen molar-refractivity contribution in [3.63, 3.8) is 0 Å². The zero-order valence-electron chi connectivity index (χ0n) is 9.21. The molecule has 1 aromatic rings. The van der Waals surface area contributed by atoms with E-state index < -0.39 is 5.82 Å². The number of benzene rings is 1. The molecule has 1 atom stereocenters. The molecule has 17 heavy (non-hydrogen) atoms. The number of nitrogens with one attached hydrogen (secondary N) is 1. The summed E-state index contributed by atoms with van der Waals surface area (Å²) in [6.45, 7) is 0.659. The summed E-state index contributed by atoms with van der Waals surface area (Å²) >= 11 is 4.98. The average molecular weight is 318 g/mol. The van der Waals surface area contributed by atoms with Gasteiger partial charge in [0.1, 0.15) is 5.82 Å². The van der Waals surface area contributed by atoms with Gasteiger partial charge in [-0.15, -0.1) is 0 Å². The summed E-state index contributed by atoms with van der Waals surface area (Å²) in [6.07, 6.45) is 2.37. The molecule has 1 unspecified atom stereocenters. The fraction of sp³-hybridized carbons (Fsp3) is 0.417. The average Bonchev–Trinajstić information content (AvgIpc) is 2.82. The molecule has 0 saturated carbocycles. The molecular weight excluding hydrogens is 305 g/mol. The molecule has 0 spiro atoms. The summed E-state index contributed by atoms with van der Waals surface area (Å²) in [5.74, 6) is 0.543. The Balaban J connectivity index is 1.97. The van der Waals surface area contributed by atoms with Crippen molar-refractivity contribution in [2.24, 2.45) is 0 Å². The molecule has 1 saturated heterocycles. The van der Waals surface area contributed by atoms with Crippen LogP contribution in [-0.4, -0.2) is 23.5 Å². The van der Waals surface area contributed by atoms with Crippen molar-refractivity contribution in [2.45, 2.75) is 18.1 Å². The standard InChI is InChI=1S/C12H13BrFNOS/c13-11-9(4-1-5-10(11)14)12(16)15-7-8-3-2-6-17-8/h1,4-5,8H,2-3,6-7H2,(H,15,16). The first-order valence-electron chi connectivity index (χ1n) is 5.52. The number of halogens is 2. The molecule has 1 aliphatic heterocycles. The van der Waals surface area contributed by atoms with E-state index >= 15 is 0 Å². The van der Waals surface area contributed by atoms with Gasteiger partial charge in [0.25, 0.3) is 5.91 Å². The fourth-order valence-electron chi connectivity index (χ4n) is 1.79. The van der Waals surface area contributed by atoms with Gasteiger partial charge >= 0.3 is 0 Å². The number of hydrogen-bond donors (Lipinski definition) is 1. The van der Waals surface area contributed by atoms with Crippen LogP contribution in [0.15, 0.2) is 22.7 Å². The number of thioether (sulfide) groups is 1. The topological polar surface area (TPSA) is 29.1 Å². The molecule has 0 aliphatic carbocycles. The lowest BCUT2D eigenvalue weighted by Gasteiger charge is -2.11. The van der Waals surface area contributed by atoms with Gasteiger partial charge in [-0.05, 0) is 46.7 Å². The zero-order chi connectivity index (χ0) is 12.3. The van der Waals surface area contributed by atoms with E-state index in [9.17, 15) is 9.18 Å². The van der Waals surface area contributed by atoms with Crippen LogP contribution in [0.1, 0.15) is 23.2 Å². The number of hydrogen-bond acceptors (Lipinski definition) is 2. The first-order chi connectivity index (χ1) is 8.18. The van der Waals surface area contributed by atoms with Crippen LogP contribution in [0, 0.1) is 5.82 Å². The number of carbonyl (C=O) groups is 1. The highest BCUT2D eigenvalue weighted by molar-refractivity contribution is 9.10. The zero-order valence-corrected chi connectivity index (χ0v) is 11.6. The molecule has 0 radical (unpaired) electrons. The van der Waals surface area contributed by atoms with E-state index in [1.807, 2.05) is 11.8 Å². The third-order valence-corrected chi connectivity index (χ3v) is 4.91. The Hall–Kier alpha value is -0.550. The van der Waals surface area contributed by atoms with Crippen molar-refractivity contribution in [3.8, 4) is 0 Å². The quantitative estimate of drug-likeness (QED) is 0.927. The number of carbonyl (C=O) groups excluding carboxylic acids is 1. The third-order valence-electron chi connectivity index (χ3n) is 2.71. The molecule has 1 fully saturated rings. The lowest BCUT2D eigenvalue weighted by atomic mass is 10.2. The van der Waals surface area contributed by atoms with Crippen molar-refractivity contribution in [3.05, 3.63) is 34.1 Å². The maximum absolute atomic E-state index is 13.2. The molecule has 1 aromatic carbocycles. The van der Waals surface area contributed by atoms with Gasteiger partial charge in [-0.3, -0.25) is 4.79 Å². The van der Waals surface area contributed by atoms with Gasteiger partial charge in [-0.2, -0.15) is 11.8 Å². The van der Waals surface area contributed by atoms with E-state index in [4.69, 9.17) is 0 Å². The van der Waals surface area contributed by atoms with Crippen LogP contribution in [0.3, 0.4) is 0 Å². The summed E-state index contributed by atoms with van der Waals surface area (Å²) < 4.78 is 13.5. The summed E-state index contributed by atoms with van der Waals surface area (Å²) in [4.78, 5) is 11.9. The van der Waals surface area contributed by atoms with Gasteiger partial charge in [0, 0.05) is 11.8 Å². The fourth-order valence-corrected chi connectivity index (χ4v) is 3.43. The molecular formula is C12H13BrFNOS. The van der Waals surface area contributed by atoms with E-state index in [0.717, 1.165) is 6.42 Å². The molecule has 1 aliphatic rings. The van der Waals surface area contributed by atoms with Crippen LogP contribution in [-0.2, 0) is 0 Å². The molecule has 1 heterocycles. The molecule has 1 N–H and O–H groups in total. The van der Waals surface area contributed by atoms with Gasteiger partial charge in [0.2, 0.25) is 0 Å². The summed E-state index contributed by atoms with van der Waals surface area (Å²) in [7, 11) is 0.